The van der Waals surface area contributed by atoms with Crippen LogP contribution in [-0.4, -0.2) is 39.2 Å². The summed E-state index contributed by atoms with van der Waals surface area (Å²) in [4.78, 5) is 47.8. The molecule has 1 aliphatic rings. The molecule has 1 unspecified atom stereocenters. The number of benzene rings is 3. The molecule has 8 nitrogen and oxygen atoms in total. The summed E-state index contributed by atoms with van der Waals surface area (Å²) >= 11 is 0. The van der Waals surface area contributed by atoms with Crippen molar-refractivity contribution < 1.29 is 19.1 Å². The van der Waals surface area contributed by atoms with Crippen molar-refractivity contribution in [3.63, 3.8) is 0 Å². The first kappa shape index (κ1) is 24.0. The summed E-state index contributed by atoms with van der Waals surface area (Å²) in [6.45, 7) is 4.11. The van der Waals surface area contributed by atoms with Crippen LogP contribution in [0.1, 0.15) is 62.4 Å². The van der Waals surface area contributed by atoms with E-state index in [1.807, 2.05) is 44.2 Å². The van der Waals surface area contributed by atoms with Crippen molar-refractivity contribution in [3.05, 3.63) is 107 Å². The molecule has 0 spiro atoms. The van der Waals surface area contributed by atoms with Gasteiger partial charge in [-0.25, -0.2) is 4.98 Å². The highest BCUT2D eigenvalue weighted by Gasteiger charge is 2.35. The zero-order valence-corrected chi connectivity index (χ0v) is 20.5. The van der Waals surface area contributed by atoms with E-state index in [0.717, 1.165) is 11.3 Å². The third-order valence-corrected chi connectivity index (χ3v) is 6.25. The van der Waals surface area contributed by atoms with Crippen molar-refractivity contribution in [1.29, 1.82) is 0 Å². The number of hydrogen-bond acceptors (Lipinski definition) is 5. The van der Waals surface area contributed by atoms with Crippen molar-refractivity contribution in [1.82, 2.24) is 20.2 Å². The molecule has 1 atom stereocenters. The first-order valence-electron chi connectivity index (χ1n) is 12.1. The van der Waals surface area contributed by atoms with E-state index in [-0.39, 0.29) is 24.3 Å². The van der Waals surface area contributed by atoms with Crippen molar-refractivity contribution in [3.8, 4) is 17.0 Å². The summed E-state index contributed by atoms with van der Waals surface area (Å²) in [7, 11) is 0. The summed E-state index contributed by atoms with van der Waals surface area (Å²) in [5.74, 6) is -0.00445. The second-order valence-corrected chi connectivity index (χ2v) is 8.75. The van der Waals surface area contributed by atoms with Crippen LogP contribution < -0.4 is 10.1 Å². The van der Waals surface area contributed by atoms with Crippen LogP contribution in [0, 0.1) is 0 Å². The second kappa shape index (κ2) is 10.1. The average Bonchev–Trinajstić information content (AvgIpc) is 3.51. The number of aromatic amines is 1. The van der Waals surface area contributed by atoms with Gasteiger partial charge in [-0.1, -0.05) is 48.5 Å². The van der Waals surface area contributed by atoms with Gasteiger partial charge in [-0.3, -0.25) is 19.3 Å². The summed E-state index contributed by atoms with van der Waals surface area (Å²) in [6.07, 6.45) is 1.74. The number of ether oxygens (including phenoxy) is 1. The molecule has 2 heterocycles. The lowest BCUT2D eigenvalue weighted by Crippen LogP contribution is -2.30. The van der Waals surface area contributed by atoms with Gasteiger partial charge in [0.15, 0.2) is 0 Å². The summed E-state index contributed by atoms with van der Waals surface area (Å²) in [6, 6.07) is 21.3. The fourth-order valence-electron chi connectivity index (χ4n) is 4.36. The molecule has 0 aliphatic carbocycles. The number of rotatable bonds is 8. The molecule has 0 bridgehead atoms. The third-order valence-electron chi connectivity index (χ3n) is 6.25. The number of imidazole rings is 1. The van der Waals surface area contributed by atoms with Crippen LogP contribution in [0.15, 0.2) is 79.0 Å². The second-order valence-electron chi connectivity index (χ2n) is 8.75. The summed E-state index contributed by atoms with van der Waals surface area (Å²) in [5.41, 5.74) is 3.59. The Morgan fingerprint density at radius 1 is 1.00 bits per heavy atom. The topological polar surface area (TPSA) is 104 Å². The Kier molecular flexibility index (Phi) is 6.55. The molecule has 4 aromatic rings. The highest BCUT2D eigenvalue weighted by Crippen LogP contribution is 2.27. The largest absolute Gasteiger partial charge is 0.493 e. The number of H-pyrrole nitrogens is 1. The van der Waals surface area contributed by atoms with E-state index in [2.05, 4.69) is 15.3 Å². The highest BCUT2D eigenvalue weighted by molar-refractivity contribution is 6.21. The average molecular weight is 495 g/mol. The lowest BCUT2D eigenvalue weighted by atomic mass is 10.1. The van der Waals surface area contributed by atoms with Gasteiger partial charge in [0.05, 0.1) is 47.8 Å². The lowest BCUT2D eigenvalue weighted by molar-refractivity contribution is 0.0642. The van der Waals surface area contributed by atoms with E-state index in [9.17, 15) is 14.4 Å². The van der Waals surface area contributed by atoms with Crippen molar-refractivity contribution in [2.24, 2.45) is 0 Å². The monoisotopic (exact) mass is 494 g/mol. The zero-order valence-electron chi connectivity index (χ0n) is 20.5. The Labute approximate surface area is 214 Å². The van der Waals surface area contributed by atoms with Crippen molar-refractivity contribution in [2.75, 3.05) is 6.61 Å². The van der Waals surface area contributed by atoms with Crippen LogP contribution in [-0.2, 0) is 6.54 Å². The molecule has 8 heteroatoms. The number of nitrogens with zero attached hydrogens (tertiary/aromatic N) is 2. The molecule has 1 aliphatic heterocycles. The fraction of sp³-hybridized carbons (Fsp3) is 0.172. The molecule has 3 amide bonds. The van der Waals surface area contributed by atoms with Gasteiger partial charge in [-0.15, -0.1) is 0 Å². The molecular weight excluding hydrogens is 468 g/mol. The summed E-state index contributed by atoms with van der Waals surface area (Å²) < 4.78 is 5.69. The van der Waals surface area contributed by atoms with Crippen LogP contribution in [0.3, 0.4) is 0 Å². The lowest BCUT2D eigenvalue weighted by Gasteiger charge is -2.18. The predicted octanol–water partition coefficient (Wildman–Crippen LogP) is 4.76. The minimum atomic E-state index is -0.403. The molecule has 0 saturated carbocycles. The Morgan fingerprint density at radius 2 is 1.68 bits per heavy atom. The number of imide groups is 1. The highest BCUT2D eigenvalue weighted by atomic mass is 16.5. The van der Waals surface area contributed by atoms with Crippen LogP contribution in [0.25, 0.3) is 11.3 Å². The van der Waals surface area contributed by atoms with E-state index in [0.29, 0.717) is 40.4 Å². The predicted molar refractivity (Wildman–Crippen MR) is 138 cm³/mol. The standard InChI is InChI=1S/C29H26N4O4/c1-3-37-25-14-13-19(17-33-28(35)21-11-7-8-12-22(21)29(33)36)15-23(25)27(34)31-18(2)26-30-16-24(32-26)20-9-5-4-6-10-20/h4-16,18H,3,17H2,1-2H3,(H,30,32)(H,31,34). The first-order chi connectivity index (χ1) is 18.0. The number of aromatic nitrogens is 2. The van der Waals surface area contributed by atoms with E-state index >= 15 is 0 Å². The smallest absolute Gasteiger partial charge is 0.261 e. The minimum Gasteiger partial charge on any atom is -0.493 e. The number of fused-ring (bicyclic) bond motifs is 1. The van der Waals surface area contributed by atoms with Crippen molar-refractivity contribution in [2.45, 2.75) is 26.4 Å². The van der Waals surface area contributed by atoms with Gasteiger partial charge >= 0.3 is 0 Å². The molecular formula is C29H26N4O4. The molecule has 37 heavy (non-hydrogen) atoms. The zero-order chi connectivity index (χ0) is 25.9. The number of amides is 3. The van der Waals surface area contributed by atoms with Crippen LogP contribution in [0.5, 0.6) is 5.75 Å². The number of hydrogen-bond donors (Lipinski definition) is 2. The molecule has 0 fully saturated rings. The van der Waals surface area contributed by atoms with Gasteiger partial charge in [-0.2, -0.15) is 0 Å². The molecule has 3 aromatic carbocycles. The maximum absolute atomic E-state index is 13.3. The van der Waals surface area contributed by atoms with Gasteiger partial charge in [0.2, 0.25) is 0 Å². The normalized spacial score (nSPS) is 13.4. The fourth-order valence-corrected chi connectivity index (χ4v) is 4.36. The molecule has 1 aromatic heterocycles. The first-order valence-corrected chi connectivity index (χ1v) is 12.1. The van der Waals surface area contributed by atoms with E-state index < -0.39 is 6.04 Å². The number of carbonyl (C=O) groups is 3. The third kappa shape index (κ3) is 4.73. The maximum atomic E-state index is 13.3. The van der Waals surface area contributed by atoms with E-state index in [4.69, 9.17) is 4.74 Å². The maximum Gasteiger partial charge on any atom is 0.261 e. The Balaban J connectivity index is 1.35. The van der Waals surface area contributed by atoms with Crippen LogP contribution in [0.4, 0.5) is 0 Å². The van der Waals surface area contributed by atoms with Gasteiger partial charge in [0.25, 0.3) is 17.7 Å². The van der Waals surface area contributed by atoms with Crippen LogP contribution in [0.2, 0.25) is 0 Å². The Morgan fingerprint density at radius 3 is 2.35 bits per heavy atom. The summed E-state index contributed by atoms with van der Waals surface area (Å²) in [5, 5.41) is 2.97. The van der Waals surface area contributed by atoms with Gasteiger partial charge in [-0.05, 0) is 49.2 Å². The Hall–Kier alpha value is -4.72. The molecule has 0 saturated heterocycles. The molecule has 186 valence electrons. The van der Waals surface area contributed by atoms with Crippen LogP contribution >= 0.6 is 0 Å². The van der Waals surface area contributed by atoms with Gasteiger partial charge in [0, 0.05) is 0 Å². The van der Waals surface area contributed by atoms with E-state index in [1.165, 1.54) is 4.90 Å². The molecule has 5 rings (SSSR count). The quantitative estimate of drug-likeness (QED) is 0.344. The molecule has 2 N–H and O–H groups in total. The number of nitrogens with one attached hydrogen (secondary N) is 2. The number of carbonyl (C=O) groups excluding carboxylic acids is 3. The molecule has 0 radical (unpaired) electrons. The SMILES string of the molecule is CCOc1ccc(CN2C(=O)c3ccccc3C2=O)cc1C(=O)NC(C)c1ncc(-c2ccccc2)[nH]1. The van der Waals surface area contributed by atoms with Gasteiger partial charge < -0.3 is 15.0 Å². The Bertz CT molecular complexity index is 1440. The van der Waals surface area contributed by atoms with E-state index in [1.54, 1.807) is 48.7 Å². The van der Waals surface area contributed by atoms with Crippen molar-refractivity contribution >= 4 is 17.7 Å². The van der Waals surface area contributed by atoms with Gasteiger partial charge in [0.1, 0.15) is 11.6 Å². The minimum absolute atomic E-state index is 0.0488.